The summed E-state index contributed by atoms with van der Waals surface area (Å²) < 4.78 is 30.8. The van der Waals surface area contributed by atoms with E-state index in [9.17, 15) is 14.0 Å². The molecule has 3 aliphatic rings. The van der Waals surface area contributed by atoms with Gasteiger partial charge in [0.25, 0.3) is 0 Å². The second-order valence-corrected chi connectivity index (χ2v) is 9.16. The number of halogens is 1. The van der Waals surface area contributed by atoms with Crippen LogP contribution in [0.2, 0.25) is 0 Å². The summed E-state index contributed by atoms with van der Waals surface area (Å²) >= 11 is 0. The highest BCUT2D eigenvalue weighted by atomic mass is 19.1. The Kier molecular flexibility index (Phi) is 7.52. The fourth-order valence-electron chi connectivity index (χ4n) is 4.92. The predicted molar refractivity (Wildman–Crippen MR) is 130 cm³/mol. The Bertz CT molecular complexity index is 1090. The number of anilines is 1. The van der Waals surface area contributed by atoms with Crippen molar-refractivity contribution in [1.29, 1.82) is 0 Å². The van der Waals surface area contributed by atoms with E-state index >= 15 is 0 Å². The van der Waals surface area contributed by atoms with E-state index in [1.165, 1.54) is 6.07 Å². The first-order chi connectivity index (χ1) is 17.6. The van der Waals surface area contributed by atoms with Crippen LogP contribution < -0.4 is 25.0 Å². The van der Waals surface area contributed by atoms with Crippen molar-refractivity contribution < 1.29 is 28.2 Å². The third kappa shape index (κ3) is 5.55. The van der Waals surface area contributed by atoms with Gasteiger partial charge in [-0.2, -0.15) is 0 Å². The molecule has 9 nitrogen and oxygen atoms in total. The molecule has 2 saturated heterocycles. The molecule has 2 fully saturated rings. The van der Waals surface area contributed by atoms with Crippen molar-refractivity contribution in [2.24, 2.45) is 0 Å². The van der Waals surface area contributed by atoms with Gasteiger partial charge in [-0.1, -0.05) is 18.2 Å². The van der Waals surface area contributed by atoms with Crippen LogP contribution in [-0.2, 0) is 14.3 Å². The molecular weight excluding hydrogens is 467 g/mol. The van der Waals surface area contributed by atoms with E-state index in [-0.39, 0.29) is 31.3 Å². The molecule has 192 valence electrons. The SMILES string of the molecule is O=C(NC[C@@H]1CCCO1)C(=O)NC[C@@H](c1ccc2c(c1)OCO2)N1CCN(c2ccccc2F)CC1. The van der Waals surface area contributed by atoms with Gasteiger partial charge in [0.15, 0.2) is 11.5 Å². The average molecular weight is 499 g/mol. The fourth-order valence-corrected chi connectivity index (χ4v) is 4.92. The summed E-state index contributed by atoms with van der Waals surface area (Å²) in [6.45, 7) is 4.03. The number of carbonyl (C=O) groups is 2. The lowest BCUT2D eigenvalue weighted by Gasteiger charge is -2.40. The van der Waals surface area contributed by atoms with Gasteiger partial charge in [0, 0.05) is 45.9 Å². The van der Waals surface area contributed by atoms with Gasteiger partial charge in [-0.3, -0.25) is 14.5 Å². The summed E-state index contributed by atoms with van der Waals surface area (Å²) in [5, 5.41) is 5.46. The number of hydrogen-bond acceptors (Lipinski definition) is 7. The number of carbonyl (C=O) groups excluding carboxylic acids is 2. The summed E-state index contributed by atoms with van der Waals surface area (Å²) in [6, 6.07) is 12.3. The molecular formula is C26H31FN4O5. The number of benzene rings is 2. The van der Waals surface area contributed by atoms with Crippen LogP contribution in [0.4, 0.5) is 10.1 Å². The lowest BCUT2D eigenvalue weighted by Crippen LogP contribution is -2.51. The van der Waals surface area contributed by atoms with E-state index in [0.29, 0.717) is 56.5 Å². The van der Waals surface area contributed by atoms with Gasteiger partial charge in [-0.15, -0.1) is 0 Å². The second kappa shape index (κ2) is 11.1. The highest BCUT2D eigenvalue weighted by Crippen LogP contribution is 2.36. The summed E-state index contributed by atoms with van der Waals surface area (Å²) in [7, 11) is 0. The number of amides is 2. The number of para-hydroxylation sites is 1. The van der Waals surface area contributed by atoms with Gasteiger partial charge in [-0.05, 0) is 42.7 Å². The van der Waals surface area contributed by atoms with Crippen LogP contribution in [0, 0.1) is 5.82 Å². The van der Waals surface area contributed by atoms with Crippen molar-refractivity contribution in [3.05, 3.63) is 53.8 Å². The average Bonchev–Trinajstić information content (AvgIpc) is 3.60. The molecule has 0 aromatic heterocycles. The Morgan fingerprint density at radius 2 is 1.78 bits per heavy atom. The van der Waals surface area contributed by atoms with Gasteiger partial charge < -0.3 is 29.7 Å². The van der Waals surface area contributed by atoms with Gasteiger partial charge >= 0.3 is 11.8 Å². The number of fused-ring (bicyclic) bond motifs is 1. The zero-order chi connectivity index (χ0) is 24.9. The van der Waals surface area contributed by atoms with Crippen molar-refractivity contribution in [3.8, 4) is 11.5 Å². The number of piperazine rings is 1. The molecule has 10 heteroatoms. The molecule has 2 amide bonds. The number of hydrogen-bond donors (Lipinski definition) is 2. The summed E-state index contributed by atoms with van der Waals surface area (Å²) in [6.07, 6.45) is 1.81. The Balaban J connectivity index is 1.24. The smallest absolute Gasteiger partial charge is 0.309 e. The van der Waals surface area contributed by atoms with Crippen molar-refractivity contribution in [3.63, 3.8) is 0 Å². The molecule has 3 heterocycles. The largest absolute Gasteiger partial charge is 0.454 e. The minimum atomic E-state index is -0.677. The van der Waals surface area contributed by atoms with Crippen LogP contribution in [-0.4, -0.2) is 75.5 Å². The number of rotatable bonds is 7. The molecule has 0 aliphatic carbocycles. The first-order valence-electron chi connectivity index (χ1n) is 12.4. The van der Waals surface area contributed by atoms with Crippen molar-refractivity contribution in [2.45, 2.75) is 25.0 Å². The molecule has 2 aromatic rings. The molecule has 5 rings (SSSR count). The van der Waals surface area contributed by atoms with Gasteiger partial charge in [0.2, 0.25) is 6.79 Å². The Hall–Kier alpha value is -3.37. The predicted octanol–water partition coefficient (Wildman–Crippen LogP) is 1.83. The zero-order valence-corrected chi connectivity index (χ0v) is 20.1. The highest BCUT2D eigenvalue weighted by molar-refractivity contribution is 6.35. The first-order valence-corrected chi connectivity index (χ1v) is 12.4. The molecule has 36 heavy (non-hydrogen) atoms. The van der Waals surface area contributed by atoms with Gasteiger partial charge in [-0.25, -0.2) is 4.39 Å². The molecule has 0 spiro atoms. The van der Waals surface area contributed by atoms with Crippen molar-refractivity contribution >= 4 is 17.5 Å². The van der Waals surface area contributed by atoms with Crippen LogP contribution in [0.3, 0.4) is 0 Å². The quantitative estimate of drug-likeness (QED) is 0.563. The second-order valence-electron chi connectivity index (χ2n) is 9.16. The standard InChI is InChI=1S/C26H31FN4O5/c27-20-5-1-2-6-21(20)30-9-11-31(12-10-30)22(18-7-8-23-24(14-18)36-17-35-23)16-29-26(33)25(32)28-15-19-4-3-13-34-19/h1-2,5-8,14,19,22H,3-4,9-13,15-17H2,(H,28,32)(H,29,33)/t19-,22-/m0/s1. The topological polar surface area (TPSA) is 92.4 Å². The number of nitrogens with zero attached hydrogens (tertiary/aromatic N) is 2. The molecule has 0 saturated carbocycles. The Morgan fingerprint density at radius 1 is 1.00 bits per heavy atom. The molecule has 2 aromatic carbocycles. The lowest BCUT2D eigenvalue weighted by molar-refractivity contribution is -0.139. The van der Waals surface area contributed by atoms with E-state index < -0.39 is 11.8 Å². The molecule has 0 unspecified atom stereocenters. The summed E-state index contributed by atoms with van der Waals surface area (Å²) in [5.74, 6) is -0.245. The third-order valence-corrected chi connectivity index (χ3v) is 6.91. The van der Waals surface area contributed by atoms with Crippen LogP contribution in [0.5, 0.6) is 11.5 Å². The molecule has 0 bridgehead atoms. The first kappa shape index (κ1) is 24.3. The van der Waals surface area contributed by atoms with Gasteiger partial charge in [0.1, 0.15) is 5.82 Å². The third-order valence-electron chi connectivity index (χ3n) is 6.91. The molecule has 2 atom stereocenters. The number of nitrogens with one attached hydrogen (secondary N) is 2. The molecule has 0 radical (unpaired) electrons. The normalized spacial score (nSPS) is 20.2. The van der Waals surface area contributed by atoms with E-state index in [1.54, 1.807) is 12.1 Å². The Labute approximate surface area is 209 Å². The minimum Gasteiger partial charge on any atom is -0.454 e. The maximum atomic E-state index is 14.3. The van der Waals surface area contributed by atoms with Crippen molar-refractivity contribution in [1.82, 2.24) is 15.5 Å². The zero-order valence-electron chi connectivity index (χ0n) is 20.1. The van der Waals surface area contributed by atoms with Crippen LogP contribution in [0.1, 0.15) is 24.4 Å². The van der Waals surface area contributed by atoms with Crippen LogP contribution in [0.25, 0.3) is 0 Å². The van der Waals surface area contributed by atoms with E-state index in [0.717, 1.165) is 18.4 Å². The van der Waals surface area contributed by atoms with E-state index in [4.69, 9.17) is 14.2 Å². The lowest BCUT2D eigenvalue weighted by atomic mass is 10.0. The number of ether oxygens (including phenoxy) is 3. The summed E-state index contributed by atoms with van der Waals surface area (Å²) in [4.78, 5) is 29.2. The molecule has 2 N–H and O–H groups in total. The summed E-state index contributed by atoms with van der Waals surface area (Å²) in [5.41, 5.74) is 1.53. The maximum Gasteiger partial charge on any atom is 0.309 e. The molecule has 3 aliphatic heterocycles. The minimum absolute atomic E-state index is 0.0334. The maximum absolute atomic E-state index is 14.3. The van der Waals surface area contributed by atoms with E-state index in [2.05, 4.69) is 15.5 Å². The van der Waals surface area contributed by atoms with Gasteiger partial charge in [0.05, 0.1) is 17.8 Å². The van der Waals surface area contributed by atoms with Crippen LogP contribution in [0.15, 0.2) is 42.5 Å². The Morgan fingerprint density at radius 3 is 2.56 bits per heavy atom. The van der Waals surface area contributed by atoms with E-state index in [1.807, 2.05) is 29.2 Å². The highest BCUT2D eigenvalue weighted by Gasteiger charge is 2.29. The fraction of sp³-hybridized carbons (Fsp3) is 0.462. The van der Waals surface area contributed by atoms with Crippen molar-refractivity contribution in [2.75, 3.05) is 57.6 Å². The monoisotopic (exact) mass is 498 g/mol. The van der Waals surface area contributed by atoms with Crippen LogP contribution >= 0.6 is 0 Å².